The lowest BCUT2D eigenvalue weighted by Gasteiger charge is -2.08. The maximum absolute atomic E-state index is 11.0. The van der Waals surface area contributed by atoms with Crippen LogP contribution in [0.25, 0.3) is 10.8 Å². The van der Waals surface area contributed by atoms with Gasteiger partial charge in [0, 0.05) is 11.1 Å². The molecular weight excluding hydrogens is 278 g/mol. The van der Waals surface area contributed by atoms with Gasteiger partial charge in [-0.05, 0) is 29.7 Å². The summed E-state index contributed by atoms with van der Waals surface area (Å²) in [6, 6.07) is 5.06. The van der Waals surface area contributed by atoms with Crippen LogP contribution in [0.4, 0.5) is 5.69 Å². The molecule has 0 radical (unpaired) electrons. The topological polar surface area (TPSA) is 121 Å². The molecule has 6 nitrogen and oxygen atoms in total. The Bertz CT molecular complexity index is 631. The van der Waals surface area contributed by atoms with E-state index < -0.39 is 22.2 Å². The van der Waals surface area contributed by atoms with Gasteiger partial charge in [0.1, 0.15) is 5.75 Å². The van der Waals surface area contributed by atoms with Crippen LogP contribution in [0.2, 0.25) is 0 Å². The van der Waals surface area contributed by atoms with E-state index in [4.69, 9.17) is 14.8 Å². The number of fused-ring (bicyclic) bond motifs is 1. The van der Waals surface area contributed by atoms with Crippen LogP contribution in [0.3, 0.4) is 0 Å². The number of phenols is 1. The third kappa shape index (κ3) is 2.23. The van der Waals surface area contributed by atoms with Crippen molar-refractivity contribution < 1.29 is 22.6 Å². The lowest BCUT2D eigenvalue weighted by Crippen LogP contribution is -1.95. The number of benzene rings is 2. The van der Waals surface area contributed by atoms with Crippen molar-refractivity contribution in [3.05, 3.63) is 24.3 Å². The first-order valence-corrected chi connectivity index (χ1v) is 6.89. The maximum Gasteiger partial charge on any atom is 0.186 e. The zero-order valence-corrected chi connectivity index (χ0v) is 10.5. The summed E-state index contributed by atoms with van der Waals surface area (Å²) in [4.78, 5) is 0.0422. The lowest BCUT2D eigenvalue weighted by molar-refractivity contribution is 0.479. The first-order valence-electron chi connectivity index (χ1n) is 4.68. The number of hydrogen-bond acceptors (Lipinski definition) is 4. The maximum atomic E-state index is 11.0. The van der Waals surface area contributed by atoms with E-state index in [1.165, 1.54) is 18.2 Å². The van der Waals surface area contributed by atoms with Crippen molar-refractivity contribution in [2.75, 3.05) is 5.73 Å². The zero-order valence-electron chi connectivity index (χ0n) is 8.86. The summed E-state index contributed by atoms with van der Waals surface area (Å²) in [7, 11) is 0. The zero-order chi connectivity index (χ0) is 13.4. The molecule has 0 heterocycles. The van der Waals surface area contributed by atoms with Crippen molar-refractivity contribution in [2.24, 2.45) is 0 Å². The summed E-state index contributed by atoms with van der Waals surface area (Å²) in [6.45, 7) is 0. The molecule has 2 unspecified atom stereocenters. The predicted molar refractivity (Wildman–Crippen MR) is 68.1 cm³/mol. The molecule has 8 heteroatoms. The molecule has 2 aromatic rings. The van der Waals surface area contributed by atoms with Crippen molar-refractivity contribution in [1.29, 1.82) is 0 Å². The number of nitrogen functional groups attached to an aromatic ring is 1. The van der Waals surface area contributed by atoms with Gasteiger partial charge in [0.05, 0.1) is 9.79 Å². The Balaban J connectivity index is 2.84. The number of hydrogen-bond donors (Lipinski definition) is 4. The highest BCUT2D eigenvalue weighted by atomic mass is 32.2. The fraction of sp³-hybridized carbons (Fsp3) is 0. The van der Waals surface area contributed by atoms with E-state index in [0.29, 0.717) is 5.39 Å². The van der Waals surface area contributed by atoms with Crippen molar-refractivity contribution in [3.63, 3.8) is 0 Å². The van der Waals surface area contributed by atoms with E-state index in [1.807, 2.05) is 0 Å². The first-order chi connectivity index (χ1) is 8.40. The quantitative estimate of drug-likeness (QED) is 0.488. The standard InChI is InChI=1S/C10H9NO5S2/c11-8-3-6(17(13)14)1-5-2-7(18(15)16)4-9(12)10(5)8/h1-4,12H,11H2,(H,13,14)(H,15,16). The molecule has 0 aliphatic carbocycles. The molecule has 18 heavy (non-hydrogen) atoms. The smallest absolute Gasteiger partial charge is 0.186 e. The number of aromatic hydroxyl groups is 1. The molecule has 0 saturated heterocycles. The molecule has 0 spiro atoms. The van der Waals surface area contributed by atoms with Gasteiger partial charge < -0.3 is 19.9 Å². The van der Waals surface area contributed by atoms with E-state index in [9.17, 15) is 13.5 Å². The van der Waals surface area contributed by atoms with Crippen molar-refractivity contribution >= 4 is 38.6 Å². The lowest BCUT2D eigenvalue weighted by atomic mass is 10.1. The Morgan fingerprint density at radius 1 is 0.944 bits per heavy atom. The minimum Gasteiger partial charge on any atom is -0.507 e. The largest absolute Gasteiger partial charge is 0.507 e. The van der Waals surface area contributed by atoms with Gasteiger partial charge in [-0.25, -0.2) is 8.42 Å². The molecule has 2 aromatic carbocycles. The van der Waals surface area contributed by atoms with Crippen LogP contribution in [0.5, 0.6) is 5.75 Å². The Kier molecular flexibility index (Phi) is 3.35. The monoisotopic (exact) mass is 287 g/mol. The highest BCUT2D eigenvalue weighted by Crippen LogP contribution is 2.34. The fourth-order valence-electron chi connectivity index (χ4n) is 1.67. The molecule has 0 aliphatic heterocycles. The van der Waals surface area contributed by atoms with E-state index >= 15 is 0 Å². The van der Waals surface area contributed by atoms with Crippen LogP contribution in [0, 0.1) is 0 Å². The molecule has 2 rings (SSSR count). The molecular formula is C10H9NO5S2. The highest BCUT2D eigenvalue weighted by molar-refractivity contribution is 7.79. The van der Waals surface area contributed by atoms with Crippen LogP contribution < -0.4 is 5.73 Å². The highest BCUT2D eigenvalue weighted by Gasteiger charge is 2.12. The third-order valence-electron chi connectivity index (χ3n) is 2.41. The van der Waals surface area contributed by atoms with Gasteiger partial charge in [0.25, 0.3) is 0 Å². The van der Waals surface area contributed by atoms with Gasteiger partial charge in [-0.15, -0.1) is 0 Å². The van der Waals surface area contributed by atoms with Crippen LogP contribution in [-0.2, 0) is 22.2 Å². The molecule has 5 N–H and O–H groups in total. The second-order valence-electron chi connectivity index (χ2n) is 3.55. The molecule has 0 aliphatic rings. The van der Waals surface area contributed by atoms with E-state index in [-0.39, 0.29) is 26.6 Å². The average molecular weight is 287 g/mol. The summed E-state index contributed by atoms with van der Waals surface area (Å²) < 4.78 is 39.9. The Hall–Kier alpha value is -1.48. The van der Waals surface area contributed by atoms with E-state index in [2.05, 4.69) is 0 Å². The van der Waals surface area contributed by atoms with Gasteiger partial charge >= 0.3 is 0 Å². The second kappa shape index (κ2) is 4.65. The van der Waals surface area contributed by atoms with Crippen LogP contribution >= 0.6 is 0 Å². The number of phenolic OH excluding ortho intramolecular Hbond substituents is 1. The van der Waals surface area contributed by atoms with Crippen molar-refractivity contribution in [3.8, 4) is 5.75 Å². The Labute approximate surface area is 107 Å². The number of rotatable bonds is 2. The van der Waals surface area contributed by atoms with E-state index in [0.717, 1.165) is 6.07 Å². The number of anilines is 1. The summed E-state index contributed by atoms with van der Waals surface area (Å²) in [5.41, 5.74) is 5.80. The summed E-state index contributed by atoms with van der Waals surface area (Å²) in [5, 5.41) is 10.3. The SMILES string of the molecule is Nc1cc(S(=O)O)cc2cc(S(=O)O)cc(O)c12. The number of nitrogens with two attached hydrogens (primary N) is 1. The summed E-state index contributed by atoms with van der Waals surface area (Å²) in [5.74, 6) is -0.252. The van der Waals surface area contributed by atoms with Gasteiger partial charge in [-0.3, -0.25) is 0 Å². The van der Waals surface area contributed by atoms with Crippen LogP contribution in [0.15, 0.2) is 34.1 Å². The molecule has 96 valence electrons. The second-order valence-corrected chi connectivity index (χ2v) is 5.49. The van der Waals surface area contributed by atoms with Crippen LogP contribution in [-0.4, -0.2) is 22.6 Å². The minimum atomic E-state index is -2.26. The molecule has 0 amide bonds. The van der Waals surface area contributed by atoms with Gasteiger partial charge in [-0.2, -0.15) is 0 Å². The average Bonchev–Trinajstić information content (AvgIpc) is 2.27. The third-order valence-corrected chi connectivity index (χ3v) is 3.69. The van der Waals surface area contributed by atoms with Gasteiger partial charge in [0.2, 0.25) is 0 Å². The summed E-state index contributed by atoms with van der Waals surface area (Å²) >= 11 is -4.48. The molecule has 0 aromatic heterocycles. The van der Waals surface area contributed by atoms with Gasteiger partial charge in [-0.1, -0.05) is 0 Å². The van der Waals surface area contributed by atoms with Crippen molar-refractivity contribution in [2.45, 2.75) is 9.79 Å². The van der Waals surface area contributed by atoms with E-state index in [1.54, 1.807) is 0 Å². The summed E-state index contributed by atoms with van der Waals surface area (Å²) in [6.07, 6.45) is 0. The normalized spacial score (nSPS) is 14.6. The van der Waals surface area contributed by atoms with Crippen LogP contribution in [0.1, 0.15) is 0 Å². The molecule has 2 atom stereocenters. The fourth-order valence-corrected chi connectivity index (χ4v) is 2.57. The Morgan fingerprint density at radius 3 is 1.94 bits per heavy atom. The van der Waals surface area contributed by atoms with Gasteiger partial charge in [0.15, 0.2) is 22.2 Å². The first kappa shape index (κ1) is 13.0. The minimum absolute atomic E-state index is 0.0136. The predicted octanol–water partition coefficient (Wildman–Crippen LogP) is 1.29. The Morgan fingerprint density at radius 2 is 1.44 bits per heavy atom. The molecule has 0 fully saturated rings. The van der Waals surface area contributed by atoms with Crippen molar-refractivity contribution in [1.82, 2.24) is 0 Å². The molecule has 0 saturated carbocycles. The molecule has 0 bridgehead atoms.